The Bertz CT molecular complexity index is 328. The van der Waals surface area contributed by atoms with E-state index < -0.39 is 0 Å². The summed E-state index contributed by atoms with van der Waals surface area (Å²) >= 11 is 3.44. The average Bonchev–Trinajstić information content (AvgIpc) is 2.25. The molecule has 1 rings (SSSR count). The number of hydrogen-bond acceptors (Lipinski definition) is 2. The van der Waals surface area contributed by atoms with Crippen molar-refractivity contribution in [2.24, 2.45) is 0 Å². The lowest BCUT2D eigenvalue weighted by Gasteiger charge is -2.06. The van der Waals surface area contributed by atoms with Crippen LogP contribution in [0, 0.1) is 0 Å². The Morgan fingerprint density at radius 2 is 2.13 bits per heavy atom. The van der Waals surface area contributed by atoms with Gasteiger partial charge in [-0.05, 0) is 18.7 Å². The Balaban J connectivity index is 2.37. The third-order valence-corrected chi connectivity index (χ3v) is 2.81. The molecule has 15 heavy (non-hydrogen) atoms. The molecule has 0 fully saturated rings. The predicted molar refractivity (Wildman–Crippen MR) is 64.5 cm³/mol. The third kappa shape index (κ3) is 4.44. The van der Waals surface area contributed by atoms with Crippen molar-refractivity contribution >= 4 is 21.8 Å². The van der Waals surface area contributed by atoms with E-state index in [0.717, 1.165) is 10.0 Å². The van der Waals surface area contributed by atoms with E-state index in [-0.39, 0.29) is 5.91 Å². The number of hydrogen-bond donors (Lipinski definition) is 2. The van der Waals surface area contributed by atoms with Crippen molar-refractivity contribution in [2.75, 3.05) is 13.6 Å². The van der Waals surface area contributed by atoms with E-state index >= 15 is 0 Å². The lowest BCUT2D eigenvalue weighted by atomic mass is 10.2. The summed E-state index contributed by atoms with van der Waals surface area (Å²) in [6.07, 6.45) is 0.515. The number of nitrogens with one attached hydrogen (secondary N) is 2. The molecule has 1 amide bonds. The molecule has 0 spiro atoms. The van der Waals surface area contributed by atoms with Crippen molar-refractivity contribution in [3.8, 4) is 0 Å². The topological polar surface area (TPSA) is 41.1 Å². The molecule has 0 atom stereocenters. The second-order valence-corrected chi connectivity index (χ2v) is 4.08. The van der Waals surface area contributed by atoms with E-state index in [0.29, 0.717) is 19.5 Å². The van der Waals surface area contributed by atoms with Crippen LogP contribution >= 0.6 is 15.9 Å². The molecule has 0 saturated heterocycles. The van der Waals surface area contributed by atoms with Gasteiger partial charge >= 0.3 is 0 Å². The van der Waals surface area contributed by atoms with Crippen molar-refractivity contribution in [2.45, 2.75) is 13.0 Å². The van der Waals surface area contributed by atoms with Crippen LogP contribution < -0.4 is 10.6 Å². The molecule has 0 aliphatic rings. The van der Waals surface area contributed by atoms with Crippen LogP contribution in [0.3, 0.4) is 0 Å². The normalized spacial score (nSPS) is 10.0. The van der Waals surface area contributed by atoms with Gasteiger partial charge in [-0.2, -0.15) is 0 Å². The predicted octanol–water partition coefficient (Wildman–Crippen LogP) is 1.67. The number of benzene rings is 1. The maximum Gasteiger partial charge on any atom is 0.221 e. The molecule has 0 saturated carbocycles. The summed E-state index contributed by atoms with van der Waals surface area (Å²) in [5, 5.41) is 5.80. The van der Waals surface area contributed by atoms with E-state index in [1.54, 1.807) is 0 Å². The van der Waals surface area contributed by atoms with Gasteiger partial charge in [-0.25, -0.2) is 0 Å². The molecule has 2 N–H and O–H groups in total. The Morgan fingerprint density at radius 3 is 2.80 bits per heavy atom. The quantitative estimate of drug-likeness (QED) is 0.855. The van der Waals surface area contributed by atoms with Gasteiger partial charge in [-0.1, -0.05) is 34.1 Å². The minimum Gasteiger partial charge on any atom is -0.352 e. The van der Waals surface area contributed by atoms with Crippen LogP contribution in [0.15, 0.2) is 28.7 Å². The lowest BCUT2D eigenvalue weighted by Crippen LogP contribution is -2.26. The molecule has 0 aromatic heterocycles. The first-order valence-electron chi connectivity index (χ1n) is 4.88. The zero-order valence-electron chi connectivity index (χ0n) is 8.72. The minimum absolute atomic E-state index is 0.0695. The maximum absolute atomic E-state index is 11.3. The first-order chi connectivity index (χ1) is 7.24. The van der Waals surface area contributed by atoms with E-state index in [1.807, 2.05) is 31.3 Å². The van der Waals surface area contributed by atoms with Gasteiger partial charge < -0.3 is 10.6 Å². The van der Waals surface area contributed by atoms with Gasteiger partial charge in [0.15, 0.2) is 0 Å². The number of carbonyl (C=O) groups is 1. The van der Waals surface area contributed by atoms with Gasteiger partial charge in [0.2, 0.25) is 5.91 Å². The highest BCUT2D eigenvalue weighted by Gasteiger charge is 2.02. The van der Waals surface area contributed by atoms with Crippen LogP contribution in [-0.4, -0.2) is 19.5 Å². The summed E-state index contributed by atoms with van der Waals surface area (Å²) in [5.41, 5.74) is 1.09. The van der Waals surface area contributed by atoms with Crippen molar-refractivity contribution in [3.05, 3.63) is 34.3 Å². The van der Waals surface area contributed by atoms with Gasteiger partial charge in [0, 0.05) is 24.0 Å². The number of carbonyl (C=O) groups excluding carboxylic acids is 1. The maximum atomic E-state index is 11.3. The van der Waals surface area contributed by atoms with E-state index in [2.05, 4.69) is 26.6 Å². The molecule has 0 aliphatic carbocycles. The molecule has 4 heteroatoms. The highest BCUT2D eigenvalue weighted by Crippen LogP contribution is 2.15. The SMILES string of the molecule is CNCCC(=O)NCc1ccccc1Br. The zero-order valence-corrected chi connectivity index (χ0v) is 10.3. The molecule has 1 aromatic rings. The van der Waals surface area contributed by atoms with Gasteiger partial charge in [-0.15, -0.1) is 0 Å². The Morgan fingerprint density at radius 1 is 1.40 bits per heavy atom. The molecule has 0 radical (unpaired) electrons. The van der Waals surface area contributed by atoms with Crippen LogP contribution in [0.2, 0.25) is 0 Å². The Kier molecular flexibility index (Phi) is 5.36. The standard InChI is InChI=1S/C11H15BrN2O/c1-13-7-6-11(15)14-8-9-4-2-3-5-10(9)12/h2-5,13H,6-8H2,1H3,(H,14,15). The van der Waals surface area contributed by atoms with Crippen molar-refractivity contribution < 1.29 is 4.79 Å². The van der Waals surface area contributed by atoms with Crippen LogP contribution in [0.25, 0.3) is 0 Å². The van der Waals surface area contributed by atoms with E-state index in [4.69, 9.17) is 0 Å². The molecule has 1 aromatic carbocycles. The molecular weight excluding hydrogens is 256 g/mol. The summed E-state index contributed by atoms with van der Waals surface area (Å²) in [5.74, 6) is 0.0695. The monoisotopic (exact) mass is 270 g/mol. The molecule has 0 bridgehead atoms. The van der Waals surface area contributed by atoms with Crippen LogP contribution in [0.1, 0.15) is 12.0 Å². The Hall–Kier alpha value is -0.870. The van der Waals surface area contributed by atoms with Gasteiger partial charge in [0.25, 0.3) is 0 Å². The van der Waals surface area contributed by atoms with Gasteiger partial charge in [0.1, 0.15) is 0 Å². The largest absolute Gasteiger partial charge is 0.352 e. The first kappa shape index (κ1) is 12.2. The fourth-order valence-corrected chi connectivity index (χ4v) is 1.59. The Labute approximate surface area is 98.4 Å². The van der Waals surface area contributed by atoms with E-state index in [1.165, 1.54) is 0 Å². The van der Waals surface area contributed by atoms with Gasteiger partial charge in [0.05, 0.1) is 0 Å². The van der Waals surface area contributed by atoms with Gasteiger partial charge in [-0.3, -0.25) is 4.79 Å². The van der Waals surface area contributed by atoms with Crippen molar-refractivity contribution in [3.63, 3.8) is 0 Å². The summed E-state index contributed by atoms with van der Waals surface area (Å²) < 4.78 is 1.03. The van der Waals surface area contributed by atoms with E-state index in [9.17, 15) is 4.79 Å². The molecule has 0 heterocycles. The summed E-state index contributed by atoms with van der Waals surface area (Å²) in [6.45, 7) is 1.28. The second kappa shape index (κ2) is 6.58. The molecule has 0 aliphatic heterocycles. The fraction of sp³-hybridized carbons (Fsp3) is 0.364. The molecule has 3 nitrogen and oxygen atoms in total. The van der Waals surface area contributed by atoms with Crippen LogP contribution in [0.4, 0.5) is 0 Å². The molecule has 82 valence electrons. The summed E-state index contributed by atoms with van der Waals surface area (Å²) in [4.78, 5) is 11.3. The van der Waals surface area contributed by atoms with Crippen LogP contribution in [0.5, 0.6) is 0 Å². The smallest absolute Gasteiger partial charge is 0.221 e. The molecular formula is C11H15BrN2O. The fourth-order valence-electron chi connectivity index (χ4n) is 1.16. The van der Waals surface area contributed by atoms with Crippen molar-refractivity contribution in [1.82, 2.24) is 10.6 Å². The average molecular weight is 271 g/mol. The third-order valence-electron chi connectivity index (χ3n) is 2.04. The highest BCUT2D eigenvalue weighted by molar-refractivity contribution is 9.10. The van der Waals surface area contributed by atoms with Crippen LogP contribution in [-0.2, 0) is 11.3 Å². The molecule has 0 unspecified atom stereocenters. The minimum atomic E-state index is 0.0695. The highest BCUT2D eigenvalue weighted by atomic mass is 79.9. The second-order valence-electron chi connectivity index (χ2n) is 3.22. The lowest BCUT2D eigenvalue weighted by molar-refractivity contribution is -0.121. The number of amides is 1. The number of halogens is 1. The first-order valence-corrected chi connectivity index (χ1v) is 5.68. The summed E-state index contributed by atoms with van der Waals surface area (Å²) in [6, 6.07) is 7.87. The number of rotatable bonds is 5. The summed E-state index contributed by atoms with van der Waals surface area (Å²) in [7, 11) is 1.83. The zero-order chi connectivity index (χ0) is 11.1. The van der Waals surface area contributed by atoms with Crippen molar-refractivity contribution in [1.29, 1.82) is 0 Å².